The van der Waals surface area contributed by atoms with Crippen LogP contribution in [0.3, 0.4) is 0 Å². The standard InChI is InChI=1S/C23H21N3O2S2/c27-22(17-8-2-4-10-21(17)29-13-15-6-5-11-28-15)26-23-25-20(14-30-23)18-12-24-19-9-3-1-7-16(18)19/h1-4,7-10,12,14-15,24H,5-6,11,13H2,(H,25,26,27). The van der Waals surface area contributed by atoms with E-state index < -0.39 is 0 Å². The van der Waals surface area contributed by atoms with Crippen LogP contribution in [-0.4, -0.2) is 34.3 Å². The largest absolute Gasteiger partial charge is 0.377 e. The van der Waals surface area contributed by atoms with Crippen LogP contribution in [0.1, 0.15) is 23.2 Å². The van der Waals surface area contributed by atoms with E-state index in [0.29, 0.717) is 10.7 Å². The van der Waals surface area contributed by atoms with Gasteiger partial charge in [0.1, 0.15) is 0 Å². The number of hydrogen-bond donors (Lipinski definition) is 2. The second-order valence-electron chi connectivity index (χ2n) is 7.18. The van der Waals surface area contributed by atoms with Gasteiger partial charge in [-0.3, -0.25) is 10.1 Å². The summed E-state index contributed by atoms with van der Waals surface area (Å²) in [5, 5.41) is 6.66. The van der Waals surface area contributed by atoms with E-state index in [0.717, 1.165) is 52.3 Å². The molecule has 1 unspecified atom stereocenters. The fourth-order valence-corrected chi connectivity index (χ4v) is 5.47. The summed E-state index contributed by atoms with van der Waals surface area (Å²) in [6.45, 7) is 0.843. The quantitative estimate of drug-likeness (QED) is 0.375. The predicted molar refractivity (Wildman–Crippen MR) is 123 cm³/mol. The first-order chi connectivity index (χ1) is 14.8. The van der Waals surface area contributed by atoms with Crippen molar-refractivity contribution in [2.45, 2.75) is 23.8 Å². The molecule has 7 heteroatoms. The van der Waals surface area contributed by atoms with E-state index in [2.05, 4.69) is 21.4 Å². The third-order valence-electron chi connectivity index (χ3n) is 5.17. The van der Waals surface area contributed by atoms with Gasteiger partial charge in [-0.15, -0.1) is 23.1 Å². The number of nitrogens with one attached hydrogen (secondary N) is 2. The van der Waals surface area contributed by atoms with Crippen molar-refractivity contribution in [3.63, 3.8) is 0 Å². The van der Waals surface area contributed by atoms with E-state index in [1.807, 2.05) is 54.0 Å². The van der Waals surface area contributed by atoms with Gasteiger partial charge in [-0.05, 0) is 31.0 Å². The summed E-state index contributed by atoms with van der Waals surface area (Å²) in [5.74, 6) is 0.733. The lowest BCUT2D eigenvalue weighted by molar-refractivity contribution is 0.102. The molecule has 1 aliphatic heterocycles. The van der Waals surface area contributed by atoms with Gasteiger partial charge in [0.2, 0.25) is 0 Å². The van der Waals surface area contributed by atoms with Crippen LogP contribution in [0, 0.1) is 0 Å². The molecule has 0 spiro atoms. The molecule has 30 heavy (non-hydrogen) atoms. The zero-order valence-corrected chi connectivity index (χ0v) is 17.9. The number of amides is 1. The van der Waals surface area contributed by atoms with Crippen molar-refractivity contribution in [2.24, 2.45) is 0 Å². The number of fused-ring (bicyclic) bond motifs is 1. The number of carbonyl (C=O) groups is 1. The highest BCUT2D eigenvalue weighted by atomic mass is 32.2. The summed E-state index contributed by atoms with van der Waals surface area (Å²) in [6, 6.07) is 15.8. The van der Waals surface area contributed by atoms with Gasteiger partial charge in [-0.25, -0.2) is 4.98 Å². The fraction of sp³-hybridized carbons (Fsp3) is 0.217. The van der Waals surface area contributed by atoms with Gasteiger partial charge in [0.25, 0.3) is 5.91 Å². The number of para-hydroxylation sites is 1. The van der Waals surface area contributed by atoms with E-state index in [4.69, 9.17) is 4.74 Å². The van der Waals surface area contributed by atoms with Crippen LogP contribution in [0.4, 0.5) is 5.13 Å². The number of anilines is 1. The molecule has 1 atom stereocenters. The third-order valence-corrected chi connectivity index (χ3v) is 7.13. The van der Waals surface area contributed by atoms with E-state index in [9.17, 15) is 4.79 Å². The van der Waals surface area contributed by atoms with Crippen LogP contribution in [0.25, 0.3) is 22.2 Å². The summed E-state index contributed by atoms with van der Waals surface area (Å²) >= 11 is 3.12. The van der Waals surface area contributed by atoms with Crippen LogP contribution >= 0.6 is 23.1 Å². The number of aromatic amines is 1. The minimum absolute atomic E-state index is 0.134. The Bertz CT molecular complexity index is 1180. The predicted octanol–water partition coefficient (Wildman–Crippen LogP) is 5.81. The van der Waals surface area contributed by atoms with Gasteiger partial charge in [0.05, 0.1) is 17.4 Å². The molecule has 0 aliphatic carbocycles. The van der Waals surface area contributed by atoms with Crippen molar-refractivity contribution >= 4 is 45.0 Å². The first kappa shape index (κ1) is 19.4. The topological polar surface area (TPSA) is 67.0 Å². The Balaban J connectivity index is 1.31. The maximum absolute atomic E-state index is 12.9. The number of hydrogen-bond acceptors (Lipinski definition) is 5. The van der Waals surface area contributed by atoms with Crippen molar-refractivity contribution in [2.75, 3.05) is 17.7 Å². The lowest BCUT2D eigenvalue weighted by atomic mass is 10.1. The molecular formula is C23H21N3O2S2. The Hall–Kier alpha value is -2.61. The number of carbonyl (C=O) groups excluding carboxylic acids is 1. The highest BCUT2D eigenvalue weighted by molar-refractivity contribution is 7.99. The maximum Gasteiger partial charge on any atom is 0.258 e. The Morgan fingerprint density at radius 3 is 3.00 bits per heavy atom. The molecule has 1 fully saturated rings. The second kappa shape index (κ2) is 8.63. The molecule has 1 aliphatic rings. The van der Waals surface area contributed by atoms with E-state index >= 15 is 0 Å². The second-order valence-corrected chi connectivity index (χ2v) is 9.10. The first-order valence-corrected chi connectivity index (χ1v) is 11.8. The molecule has 2 aromatic heterocycles. The van der Waals surface area contributed by atoms with E-state index in [1.165, 1.54) is 11.3 Å². The number of ether oxygens (including phenoxy) is 1. The Morgan fingerprint density at radius 2 is 2.10 bits per heavy atom. The number of rotatable bonds is 6. The zero-order chi connectivity index (χ0) is 20.3. The number of H-pyrrole nitrogens is 1. The van der Waals surface area contributed by atoms with Crippen LogP contribution in [0.2, 0.25) is 0 Å². The molecule has 1 saturated heterocycles. The molecular weight excluding hydrogens is 414 g/mol. The molecule has 2 aromatic carbocycles. The minimum Gasteiger partial charge on any atom is -0.377 e. The van der Waals surface area contributed by atoms with Gasteiger partial charge in [0.15, 0.2) is 5.13 Å². The summed E-state index contributed by atoms with van der Waals surface area (Å²) in [6.07, 6.45) is 4.46. The monoisotopic (exact) mass is 435 g/mol. The smallest absolute Gasteiger partial charge is 0.258 e. The summed E-state index contributed by atoms with van der Waals surface area (Å²) < 4.78 is 5.71. The van der Waals surface area contributed by atoms with Crippen LogP contribution in [-0.2, 0) is 4.74 Å². The average molecular weight is 436 g/mol. The van der Waals surface area contributed by atoms with Crippen LogP contribution < -0.4 is 5.32 Å². The van der Waals surface area contributed by atoms with Crippen molar-refractivity contribution in [1.29, 1.82) is 0 Å². The molecule has 5 rings (SSSR count). The Kier molecular flexibility index (Phi) is 5.57. The van der Waals surface area contributed by atoms with Gasteiger partial charge >= 0.3 is 0 Å². The fourth-order valence-electron chi connectivity index (χ4n) is 3.64. The maximum atomic E-state index is 12.9. The van der Waals surface area contributed by atoms with Gasteiger partial charge in [0, 0.05) is 45.3 Å². The van der Waals surface area contributed by atoms with Crippen LogP contribution in [0.5, 0.6) is 0 Å². The van der Waals surface area contributed by atoms with Gasteiger partial charge < -0.3 is 9.72 Å². The van der Waals surface area contributed by atoms with Crippen molar-refractivity contribution < 1.29 is 9.53 Å². The molecule has 152 valence electrons. The number of thiazole rings is 1. The van der Waals surface area contributed by atoms with Gasteiger partial charge in [-0.2, -0.15) is 0 Å². The molecule has 3 heterocycles. The van der Waals surface area contributed by atoms with Crippen LogP contribution in [0.15, 0.2) is 65.0 Å². The number of benzene rings is 2. The first-order valence-electron chi connectivity index (χ1n) is 9.95. The molecule has 4 aromatic rings. The highest BCUT2D eigenvalue weighted by Gasteiger charge is 2.19. The summed E-state index contributed by atoms with van der Waals surface area (Å²) in [5.41, 5.74) is 3.64. The summed E-state index contributed by atoms with van der Waals surface area (Å²) in [7, 11) is 0. The summed E-state index contributed by atoms with van der Waals surface area (Å²) in [4.78, 5) is 21.8. The SMILES string of the molecule is O=C(Nc1nc(-c2c[nH]c3ccccc23)cs1)c1ccccc1SCC1CCCO1. The number of thioether (sulfide) groups is 1. The molecule has 2 N–H and O–H groups in total. The molecule has 0 saturated carbocycles. The molecule has 5 nitrogen and oxygen atoms in total. The van der Waals surface area contributed by atoms with Crippen molar-refractivity contribution in [1.82, 2.24) is 9.97 Å². The lowest BCUT2D eigenvalue weighted by Gasteiger charge is -2.11. The van der Waals surface area contributed by atoms with Crippen molar-refractivity contribution in [3.05, 3.63) is 65.7 Å². The zero-order valence-electron chi connectivity index (χ0n) is 16.3. The molecule has 0 radical (unpaired) electrons. The third kappa shape index (κ3) is 4.01. The van der Waals surface area contributed by atoms with E-state index in [1.54, 1.807) is 11.8 Å². The van der Waals surface area contributed by atoms with Gasteiger partial charge in [-0.1, -0.05) is 30.3 Å². The Labute approximate surface area is 182 Å². The highest BCUT2D eigenvalue weighted by Crippen LogP contribution is 2.32. The molecule has 0 bridgehead atoms. The Morgan fingerprint density at radius 1 is 1.23 bits per heavy atom. The van der Waals surface area contributed by atoms with Crippen molar-refractivity contribution in [3.8, 4) is 11.3 Å². The molecule has 1 amide bonds. The number of nitrogens with zero attached hydrogens (tertiary/aromatic N) is 1. The normalized spacial score (nSPS) is 16.2. The lowest BCUT2D eigenvalue weighted by Crippen LogP contribution is -2.14. The average Bonchev–Trinajstić information content (AvgIpc) is 3.53. The minimum atomic E-state index is -0.134. The number of aromatic nitrogens is 2. The van der Waals surface area contributed by atoms with E-state index in [-0.39, 0.29) is 12.0 Å².